The van der Waals surface area contributed by atoms with Crippen LogP contribution in [-0.4, -0.2) is 39.4 Å². The van der Waals surface area contributed by atoms with E-state index in [2.05, 4.69) is 9.97 Å². The molecule has 3 heterocycles. The van der Waals surface area contributed by atoms with Crippen molar-refractivity contribution in [3.05, 3.63) is 36.9 Å². The first-order valence-corrected chi connectivity index (χ1v) is 6.21. The van der Waals surface area contributed by atoms with E-state index in [4.69, 9.17) is 4.42 Å². The lowest BCUT2D eigenvalue weighted by molar-refractivity contribution is -0.129. The molecule has 0 unspecified atom stereocenters. The zero-order valence-corrected chi connectivity index (χ0v) is 11.3. The Labute approximate surface area is 115 Å². The van der Waals surface area contributed by atoms with Crippen molar-refractivity contribution >= 4 is 17.1 Å². The molecule has 3 aromatic rings. The summed E-state index contributed by atoms with van der Waals surface area (Å²) in [7, 11) is 3.46. The molecule has 0 bridgehead atoms. The summed E-state index contributed by atoms with van der Waals surface area (Å²) in [6.07, 6.45) is 4.89. The molecule has 102 valence electrons. The van der Waals surface area contributed by atoms with Gasteiger partial charge in [0, 0.05) is 20.3 Å². The van der Waals surface area contributed by atoms with Gasteiger partial charge in [-0.15, -0.1) is 0 Å². The Hall–Kier alpha value is -2.63. The molecule has 0 aliphatic heterocycles. The highest BCUT2D eigenvalue weighted by Gasteiger charge is 2.17. The third kappa shape index (κ3) is 2.05. The zero-order chi connectivity index (χ0) is 14.1. The average molecular weight is 270 g/mol. The number of nitrogens with zero attached hydrogens (tertiary/aromatic N) is 4. The van der Waals surface area contributed by atoms with Crippen LogP contribution in [0.15, 0.2) is 41.3 Å². The minimum atomic E-state index is -0.0142. The molecule has 0 saturated carbocycles. The van der Waals surface area contributed by atoms with Crippen LogP contribution in [0.4, 0.5) is 0 Å². The van der Waals surface area contributed by atoms with Crippen molar-refractivity contribution in [3.63, 3.8) is 0 Å². The minimum Gasteiger partial charge on any atom is -0.472 e. The number of aromatic nitrogens is 3. The molecule has 0 aromatic carbocycles. The second-order valence-electron chi connectivity index (χ2n) is 4.67. The maximum Gasteiger partial charge on any atom is 0.242 e. The van der Waals surface area contributed by atoms with Gasteiger partial charge in [-0.25, -0.2) is 9.97 Å². The smallest absolute Gasteiger partial charge is 0.242 e. The molecule has 0 radical (unpaired) electrons. The lowest BCUT2D eigenvalue weighted by Gasteiger charge is -2.12. The third-order valence-corrected chi connectivity index (χ3v) is 3.08. The summed E-state index contributed by atoms with van der Waals surface area (Å²) in [6.45, 7) is 0.195. The second kappa shape index (κ2) is 4.80. The van der Waals surface area contributed by atoms with Crippen molar-refractivity contribution < 1.29 is 9.21 Å². The van der Waals surface area contributed by atoms with Gasteiger partial charge in [-0.3, -0.25) is 9.36 Å². The highest BCUT2D eigenvalue weighted by molar-refractivity contribution is 5.82. The van der Waals surface area contributed by atoms with E-state index in [1.54, 1.807) is 37.7 Å². The average Bonchev–Trinajstić information content (AvgIpc) is 3.06. The molecule has 0 aliphatic rings. The number of likely N-dealkylation sites (N-methyl/N-ethyl adjacent to an activating group) is 1. The molecule has 0 atom stereocenters. The van der Waals surface area contributed by atoms with Crippen LogP contribution in [0, 0.1) is 0 Å². The Morgan fingerprint density at radius 3 is 2.95 bits per heavy atom. The first-order valence-electron chi connectivity index (χ1n) is 6.21. The van der Waals surface area contributed by atoms with Crippen LogP contribution in [0.25, 0.3) is 22.6 Å². The fourth-order valence-corrected chi connectivity index (χ4v) is 2.00. The molecule has 0 spiro atoms. The van der Waals surface area contributed by atoms with Crippen molar-refractivity contribution in [2.24, 2.45) is 0 Å². The Kier molecular flexibility index (Phi) is 2.98. The van der Waals surface area contributed by atoms with Crippen molar-refractivity contribution in [2.75, 3.05) is 14.1 Å². The van der Waals surface area contributed by atoms with Crippen molar-refractivity contribution in [2.45, 2.75) is 6.54 Å². The molecular weight excluding hydrogens is 256 g/mol. The fraction of sp³-hybridized carbons (Fsp3) is 0.214. The number of furan rings is 1. The van der Waals surface area contributed by atoms with Gasteiger partial charge in [-0.2, -0.15) is 0 Å². The third-order valence-electron chi connectivity index (χ3n) is 3.08. The molecule has 0 fully saturated rings. The highest BCUT2D eigenvalue weighted by Crippen LogP contribution is 2.23. The lowest BCUT2D eigenvalue weighted by atomic mass is 10.3. The SMILES string of the molecule is CN(C)C(=O)Cn1c(-c2ccoc2)nc2cccnc21. The van der Waals surface area contributed by atoms with Crippen LogP contribution in [0.2, 0.25) is 0 Å². The number of fused-ring (bicyclic) bond motifs is 1. The predicted molar refractivity (Wildman–Crippen MR) is 73.9 cm³/mol. The number of imidazole rings is 1. The Balaban J connectivity index is 2.16. The lowest BCUT2D eigenvalue weighted by Crippen LogP contribution is -2.26. The second-order valence-corrected chi connectivity index (χ2v) is 4.67. The monoisotopic (exact) mass is 270 g/mol. The van der Waals surface area contributed by atoms with Crippen LogP contribution in [0.1, 0.15) is 0 Å². The molecule has 3 aromatic heterocycles. The highest BCUT2D eigenvalue weighted by atomic mass is 16.3. The van der Waals surface area contributed by atoms with E-state index in [9.17, 15) is 4.79 Å². The zero-order valence-electron chi connectivity index (χ0n) is 11.3. The molecule has 20 heavy (non-hydrogen) atoms. The summed E-state index contributed by atoms with van der Waals surface area (Å²) in [4.78, 5) is 22.4. The van der Waals surface area contributed by atoms with Gasteiger partial charge in [0.2, 0.25) is 5.91 Å². The Bertz CT molecular complexity index is 744. The van der Waals surface area contributed by atoms with Crippen molar-refractivity contribution in [1.29, 1.82) is 0 Å². The molecule has 0 saturated heterocycles. The number of hydrogen-bond acceptors (Lipinski definition) is 4. The quantitative estimate of drug-likeness (QED) is 0.727. The van der Waals surface area contributed by atoms with Gasteiger partial charge < -0.3 is 9.32 Å². The summed E-state index contributed by atoms with van der Waals surface area (Å²) in [5.74, 6) is 0.669. The van der Waals surface area contributed by atoms with E-state index in [0.29, 0.717) is 11.5 Å². The van der Waals surface area contributed by atoms with Gasteiger partial charge in [0.25, 0.3) is 0 Å². The van der Waals surface area contributed by atoms with Gasteiger partial charge in [-0.1, -0.05) is 0 Å². The van der Waals surface area contributed by atoms with Crippen LogP contribution in [0.3, 0.4) is 0 Å². The van der Waals surface area contributed by atoms with E-state index in [0.717, 1.165) is 11.1 Å². The largest absolute Gasteiger partial charge is 0.472 e. The van der Waals surface area contributed by atoms with Gasteiger partial charge in [0.05, 0.1) is 11.8 Å². The van der Waals surface area contributed by atoms with Gasteiger partial charge >= 0.3 is 0 Å². The molecule has 6 nitrogen and oxygen atoms in total. The van der Waals surface area contributed by atoms with Crippen LogP contribution >= 0.6 is 0 Å². The molecule has 0 N–H and O–H groups in total. The Morgan fingerprint density at radius 1 is 1.40 bits per heavy atom. The molecular formula is C14H14N4O2. The maximum atomic E-state index is 12.0. The number of carbonyl (C=O) groups excluding carboxylic acids is 1. The predicted octanol–water partition coefficient (Wildman–Crippen LogP) is 1.78. The number of amides is 1. The summed E-state index contributed by atoms with van der Waals surface area (Å²) < 4.78 is 6.91. The summed E-state index contributed by atoms with van der Waals surface area (Å²) >= 11 is 0. The summed E-state index contributed by atoms with van der Waals surface area (Å²) in [5, 5.41) is 0. The number of rotatable bonds is 3. The standard InChI is InChI=1S/C14H14N4O2/c1-17(2)12(19)8-18-13(10-5-7-20-9-10)16-11-4-3-6-15-14(11)18/h3-7,9H,8H2,1-2H3. The minimum absolute atomic E-state index is 0.0142. The van der Waals surface area contributed by atoms with Gasteiger partial charge in [-0.05, 0) is 18.2 Å². The summed E-state index contributed by atoms with van der Waals surface area (Å²) in [5.41, 5.74) is 2.28. The number of carbonyl (C=O) groups is 1. The van der Waals surface area contributed by atoms with Crippen LogP contribution in [-0.2, 0) is 11.3 Å². The van der Waals surface area contributed by atoms with Crippen LogP contribution in [0.5, 0.6) is 0 Å². The van der Waals surface area contributed by atoms with E-state index in [1.807, 2.05) is 22.8 Å². The van der Waals surface area contributed by atoms with E-state index >= 15 is 0 Å². The van der Waals surface area contributed by atoms with E-state index < -0.39 is 0 Å². The summed E-state index contributed by atoms with van der Waals surface area (Å²) in [6, 6.07) is 5.52. The first-order chi connectivity index (χ1) is 9.66. The number of hydrogen-bond donors (Lipinski definition) is 0. The first kappa shape index (κ1) is 12.4. The maximum absolute atomic E-state index is 12.0. The van der Waals surface area contributed by atoms with Crippen molar-refractivity contribution in [1.82, 2.24) is 19.4 Å². The topological polar surface area (TPSA) is 64.2 Å². The number of pyridine rings is 1. The van der Waals surface area contributed by atoms with Crippen LogP contribution < -0.4 is 0 Å². The molecule has 6 heteroatoms. The molecule has 1 amide bonds. The Morgan fingerprint density at radius 2 is 2.25 bits per heavy atom. The molecule has 0 aliphatic carbocycles. The van der Waals surface area contributed by atoms with Gasteiger partial charge in [0.15, 0.2) is 5.65 Å². The van der Waals surface area contributed by atoms with Crippen molar-refractivity contribution in [3.8, 4) is 11.4 Å². The fourth-order valence-electron chi connectivity index (χ4n) is 2.00. The molecule has 3 rings (SSSR count). The van der Waals surface area contributed by atoms with E-state index in [-0.39, 0.29) is 12.5 Å². The van der Waals surface area contributed by atoms with E-state index in [1.165, 1.54) is 0 Å². The van der Waals surface area contributed by atoms with Gasteiger partial charge in [0.1, 0.15) is 24.1 Å². The normalized spacial score (nSPS) is 10.9.